The largest absolute Gasteiger partial charge is 0.493 e. The SMILES string of the molecule is CCOc1cc(CNC(=NC)NCc2cc(F)ccc2F)ccc1OC.I. The van der Waals surface area contributed by atoms with E-state index in [0.717, 1.165) is 23.8 Å². The third-order valence-corrected chi connectivity index (χ3v) is 3.67. The van der Waals surface area contributed by atoms with Gasteiger partial charge in [0.1, 0.15) is 11.6 Å². The van der Waals surface area contributed by atoms with Crippen LogP contribution in [0.2, 0.25) is 0 Å². The zero-order valence-electron chi connectivity index (χ0n) is 15.5. The van der Waals surface area contributed by atoms with Crippen LogP contribution in [-0.2, 0) is 13.1 Å². The summed E-state index contributed by atoms with van der Waals surface area (Å²) < 4.78 is 37.7. The normalized spacial score (nSPS) is 10.8. The van der Waals surface area contributed by atoms with Gasteiger partial charge in [-0.25, -0.2) is 8.78 Å². The molecule has 0 amide bonds. The maximum absolute atomic E-state index is 13.7. The van der Waals surface area contributed by atoms with Crippen LogP contribution in [-0.4, -0.2) is 26.7 Å². The van der Waals surface area contributed by atoms with E-state index in [1.54, 1.807) is 14.2 Å². The molecule has 2 N–H and O–H groups in total. The number of halogens is 3. The minimum Gasteiger partial charge on any atom is -0.493 e. The number of rotatable bonds is 7. The predicted molar refractivity (Wildman–Crippen MR) is 113 cm³/mol. The molecule has 2 rings (SSSR count). The minimum absolute atomic E-state index is 0. The Bertz CT molecular complexity index is 773. The molecule has 8 heteroatoms. The Kier molecular flexibility index (Phi) is 9.84. The highest BCUT2D eigenvalue weighted by Gasteiger charge is 2.07. The van der Waals surface area contributed by atoms with E-state index >= 15 is 0 Å². The van der Waals surface area contributed by atoms with Crippen molar-refractivity contribution in [3.63, 3.8) is 0 Å². The summed E-state index contributed by atoms with van der Waals surface area (Å²) in [6.07, 6.45) is 0. The second-order valence-electron chi connectivity index (χ2n) is 5.43. The summed E-state index contributed by atoms with van der Waals surface area (Å²) >= 11 is 0. The minimum atomic E-state index is -0.479. The molecule has 0 aliphatic carbocycles. The van der Waals surface area contributed by atoms with Crippen LogP contribution >= 0.6 is 24.0 Å². The highest BCUT2D eigenvalue weighted by molar-refractivity contribution is 14.0. The van der Waals surface area contributed by atoms with E-state index in [1.807, 2.05) is 25.1 Å². The van der Waals surface area contributed by atoms with Gasteiger partial charge in [-0.15, -0.1) is 24.0 Å². The Hall–Kier alpha value is -2.10. The Morgan fingerprint density at radius 2 is 1.78 bits per heavy atom. The van der Waals surface area contributed by atoms with Crippen LogP contribution in [0.3, 0.4) is 0 Å². The average Bonchev–Trinajstić information content (AvgIpc) is 2.65. The van der Waals surface area contributed by atoms with Gasteiger partial charge < -0.3 is 20.1 Å². The van der Waals surface area contributed by atoms with Gasteiger partial charge in [-0.3, -0.25) is 4.99 Å². The van der Waals surface area contributed by atoms with Crippen LogP contribution in [0.5, 0.6) is 11.5 Å². The van der Waals surface area contributed by atoms with Crippen LogP contribution < -0.4 is 20.1 Å². The fourth-order valence-corrected chi connectivity index (χ4v) is 2.36. The van der Waals surface area contributed by atoms with Gasteiger partial charge in [0.05, 0.1) is 13.7 Å². The highest BCUT2D eigenvalue weighted by atomic mass is 127. The number of methoxy groups -OCH3 is 1. The molecule has 0 saturated heterocycles. The molecular weight excluding hydrogens is 467 g/mol. The summed E-state index contributed by atoms with van der Waals surface area (Å²) in [5, 5.41) is 6.09. The molecular formula is C19H24F2IN3O2. The standard InChI is InChI=1S/C19H23F2N3O2.HI/c1-4-26-18-9-13(5-8-17(18)25-3)11-23-19(22-2)24-12-14-10-15(20)6-7-16(14)21;/h5-10H,4,11-12H2,1-3H3,(H2,22,23,24);1H. The number of hydrogen-bond acceptors (Lipinski definition) is 3. The molecule has 0 heterocycles. The summed E-state index contributed by atoms with van der Waals surface area (Å²) in [5.74, 6) is 0.861. The fourth-order valence-electron chi connectivity index (χ4n) is 2.36. The molecule has 148 valence electrons. The molecule has 0 unspecified atom stereocenters. The lowest BCUT2D eigenvalue weighted by molar-refractivity contribution is 0.310. The number of guanidine groups is 1. The number of nitrogens with zero attached hydrogens (tertiary/aromatic N) is 1. The van der Waals surface area contributed by atoms with Crippen molar-refractivity contribution in [1.29, 1.82) is 0 Å². The molecule has 0 bridgehead atoms. The Morgan fingerprint density at radius 3 is 2.44 bits per heavy atom. The van der Waals surface area contributed by atoms with Gasteiger partial charge in [0.25, 0.3) is 0 Å². The summed E-state index contributed by atoms with van der Waals surface area (Å²) in [6, 6.07) is 8.98. The maximum Gasteiger partial charge on any atom is 0.191 e. The van der Waals surface area contributed by atoms with E-state index in [4.69, 9.17) is 9.47 Å². The Labute approximate surface area is 175 Å². The molecule has 0 fully saturated rings. The Balaban J connectivity index is 0.00000364. The number of aliphatic imine (C=N–C) groups is 1. The van der Waals surface area contributed by atoms with Crippen molar-refractivity contribution >= 4 is 29.9 Å². The molecule has 0 atom stereocenters. The van der Waals surface area contributed by atoms with Crippen LogP contribution in [0.1, 0.15) is 18.1 Å². The van der Waals surface area contributed by atoms with Gasteiger partial charge in [-0.2, -0.15) is 0 Å². The second kappa shape index (κ2) is 11.6. The molecule has 2 aromatic carbocycles. The monoisotopic (exact) mass is 491 g/mol. The van der Waals surface area contributed by atoms with Crippen molar-refractivity contribution in [2.45, 2.75) is 20.0 Å². The average molecular weight is 491 g/mol. The molecule has 0 radical (unpaired) electrons. The molecule has 0 aliphatic heterocycles. The number of hydrogen-bond donors (Lipinski definition) is 2. The van der Waals surface area contributed by atoms with Crippen molar-refractivity contribution in [3.05, 3.63) is 59.2 Å². The molecule has 2 aromatic rings. The first kappa shape index (κ1) is 22.9. The maximum atomic E-state index is 13.7. The zero-order valence-corrected chi connectivity index (χ0v) is 17.8. The van der Waals surface area contributed by atoms with Gasteiger partial charge in [0.2, 0.25) is 0 Å². The molecule has 0 saturated carbocycles. The number of nitrogens with one attached hydrogen (secondary N) is 2. The van der Waals surface area contributed by atoms with Crippen molar-refractivity contribution in [3.8, 4) is 11.5 Å². The topological polar surface area (TPSA) is 54.9 Å². The summed E-state index contributed by atoms with van der Waals surface area (Å²) in [4.78, 5) is 4.09. The zero-order chi connectivity index (χ0) is 18.9. The van der Waals surface area contributed by atoms with Crippen molar-refractivity contribution < 1.29 is 18.3 Å². The first-order valence-electron chi connectivity index (χ1n) is 8.25. The number of ether oxygens (including phenoxy) is 2. The van der Waals surface area contributed by atoms with Crippen LogP contribution in [0.15, 0.2) is 41.4 Å². The van der Waals surface area contributed by atoms with Gasteiger partial charge in [0, 0.05) is 25.7 Å². The fraction of sp³-hybridized carbons (Fsp3) is 0.316. The van der Waals surface area contributed by atoms with E-state index in [-0.39, 0.29) is 36.1 Å². The summed E-state index contributed by atoms with van der Waals surface area (Å²) in [7, 11) is 3.20. The van der Waals surface area contributed by atoms with E-state index in [0.29, 0.717) is 30.6 Å². The predicted octanol–water partition coefficient (Wildman–Crippen LogP) is 3.86. The summed E-state index contributed by atoms with van der Waals surface area (Å²) in [5.41, 5.74) is 1.20. The lowest BCUT2D eigenvalue weighted by Crippen LogP contribution is -2.36. The summed E-state index contributed by atoms with van der Waals surface area (Å²) in [6.45, 7) is 3.04. The van der Waals surface area contributed by atoms with Gasteiger partial charge in [0.15, 0.2) is 17.5 Å². The second-order valence-corrected chi connectivity index (χ2v) is 5.43. The lowest BCUT2D eigenvalue weighted by atomic mass is 10.2. The molecule has 5 nitrogen and oxygen atoms in total. The smallest absolute Gasteiger partial charge is 0.191 e. The molecule has 0 aliphatic rings. The van der Waals surface area contributed by atoms with Gasteiger partial charge in [-0.1, -0.05) is 6.07 Å². The van der Waals surface area contributed by atoms with Crippen molar-refractivity contribution in [2.75, 3.05) is 20.8 Å². The third-order valence-electron chi connectivity index (χ3n) is 3.67. The van der Waals surface area contributed by atoms with Crippen LogP contribution in [0, 0.1) is 11.6 Å². The van der Waals surface area contributed by atoms with E-state index in [9.17, 15) is 8.78 Å². The van der Waals surface area contributed by atoms with E-state index in [1.165, 1.54) is 0 Å². The lowest BCUT2D eigenvalue weighted by Gasteiger charge is -2.14. The quantitative estimate of drug-likeness (QED) is 0.351. The third kappa shape index (κ3) is 6.85. The first-order chi connectivity index (χ1) is 12.6. The van der Waals surface area contributed by atoms with Crippen molar-refractivity contribution in [2.24, 2.45) is 4.99 Å². The van der Waals surface area contributed by atoms with Gasteiger partial charge >= 0.3 is 0 Å². The molecule has 27 heavy (non-hydrogen) atoms. The molecule has 0 spiro atoms. The molecule has 0 aromatic heterocycles. The van der Waals surface area contributed by atoms with Crippen molar-refractivity contribution in [1.82, 2.24) is 10.6 Å². The highest BCUT2D eigenvalue weighted by Crippen LogP contribution is 2.27. The van der Waals surface area contributed by atoms with Crippen LogP contribution in [0.4, 0.5) is 8.78 Å². The Morgan fingerprint density at radius 1 is 1.04 bits per heavy atom. The van der Waals surface area contributed by atoms with Crippen LogP contribution in [0.25, 0.3) is 0 Å². The number of benzene rings is 2. The first-order valence-corrected chi connectivity index (χ1v) is 8.25. The van der Waals surface area contributed by atoms with Gasteiger partial charge in [-0.05, 0) is 42.8 Å². The van der Waals surface area contributed by atoms with E-state index < -0.39 is 11.6 Å². The van der Waals surface area contributed by atoms with E-state index in [2.05, 4.69) is 15.6 Å².